The number of hydrogen-bond donors (Lipinski definition) is 2. The second-order valence-electron chi connectivity index (χ2n) is 4.95. The SMILES string of the molecule is CCc1nc2ccc(C)cn2c1C(=O)NCCCC(=O)O. The lowest BCUT2D eigenvalue weighted by molar-refractivity contribution is -0.137. The van der Waals surface area contributed by atoms with E-state index in [4.69, 9.17) is 5.11 Å². The van der Waals surface area contributed by atoms with Crippen LogP contribution in [0.25, 0.3) is 5.65 Å². The van der Waals surface area contributed by atoms with Crippen LogP contribution < -0.4 is 5.32 Å². The molecule has 0 aromatic carbocycles. The van der Waals surface area contributed by atoms with Gasteiger partial charge in [-0.05, 0) is 31.4 Å². The molecule has 0 atom stereocenters. The molecule has 2 heterocycles. The summed E-state index contributed by atoms with van der Waals surface area (Å²) in [6, 6.07) is 3.84. The number of aromatic nitrogens is 2. The minimum absolute atomic E-state index is 0.0488. The molecule has 2 N–H and O–H groups in total. The first kappa shape index (κ1) is 15.0. The van der Waals surface area contributed by atoms with Crippen LogP contribution in [-0.4, -0.2) is 32.9 Å². The van der Waals surface area contributed by atoms with Gasteiger partial charge in [0.15, 0.2) is 0 Å². The number of pyridine rings is 1. The van der Waals surface area contributed by atoms with E-state index in [-0.39, 0.29) is 12.3 Å². The zero-order valence-electron chi connectivity index (χ0n) is 12.2. The molecule has 0 spiro atoms. The number of aliphatic carboxylic acids is 1. The van der Waals surface area contributed by atoms with Crippen LogP contribution >= 0.6 is 0 Å². The summed E-state index contributed by atoms with van der Waals surface area (Å²) in [5, 5.41) is 11.4. The number of aryl methyl sites for hydroxylation is 2. The molecule has 1 amide bonds. The van der Waals surface area contributed by atoms with Gasteiger partial charge in [0.25, 0.3) is 5.91 Å². The van der Waals surface area contributed by atoms with Gasteiger partial charge in [-0.15, -0.1) is 0 Å². The number of rotatable bonds is 6. The van der Waals surface area contributed by atoms with Crippen LogP contribution in [0.4, 0.5) is 0 Å². The molecular formula is C15H19N3O3. The molecule has 0 radical (unpaired) electrons. The van der Waals surface area contributed by atoms with Gasteiger partial charge in [0.05, 0.1) is 5.69 Å². The third-order valence-electron chi connectivity index (χ3n) is 3.24. The summed E-state index contributed by atoms with van der Waals surface area (Å²) >= 11 is 0. The van der Waals surface area contributed by atoms with Crippen LogP contribution in [0.15, 0.2) is 18.3 Å². The summed E-state index contributed by atoms with van der Waals surface area (Å²) in [5.74, 6) is -1.07. The molecule has 6 heteroatoms. The molecule has 0 unspecified atom stereocenters. The average Bonchev–Trinajstić information content (AvgIpc) is 2.80. The van der Waals surface area contributed by atoms with Crippen LogP contribution in [-0.2, 0) is 11.2 Å². The summed E-state index contributed by atoms with van der Waals surface area (Å²) in [5.41, 5.74) is 3.07. The van der Waals surface area contributed by atoms with Gasteiger partial charge in [0, 0.05) is 19.2 Å². The number of amides is 1. The predicted molar refractivity (Wildman–Crippen MR) is 78.5 cm³/mol. The fourth-order valence-electron chi connectivity index (χ4n) is 2.21. The zero-order chi connectivity index (χ0) is 15.4. The maximum Gasteiger partial charge on any atom is 0.303 e. The van der Waals surface area contributed by atoms with Crippen LogP contribution in [0.2, 0.25) is 0 Å². The molecule has 0 fully saturated rings. The first-order valence-electron chi connectivity index (χ1n) is 7.00. The third-order valence-corrected chi connectivity index (χ3v) is 3.24. The number of fused-ring (bicyclic) bond motifs is 1. The van der Waals surface area contributed by atoms with E-state index >= 15 is 0 Å². The number of carboxylic acids is 1. The minimum atomic E-state index is -0.857. The molecular weight excluding hydrogens is 270 g/mol. The van der Waals surface area contributed by atoms with Crippen molar-refractivity contribution in [1.82, 2.24) is 14.7 Å². The Balaban J connectivity index is 2.21. The van der Waals surface area contributed by atoms with Gasteiger partial charge in [-0.2, -0.15) is 0 Å². The molecule has 0 saturated heterocycles. The van der Waals surface area contributed by atoms with E-state index < -0.39 is 5.97 Å². The summed E-state index contributed by atoms with van der Waals surface area (Å²) < 4.78 is 1.79. The minimum Gasteiger partial charge on any atom is -0.481 e. The molecule has 2 aromatic rings. The molecule has 0 saturated carbocycles. The number of carboxylic acid groups (broad SMARTS) is 1. The Morgan fingerprint density at radius 3 is 2.81 bits per heavy atom. The fourth-order valence-corrected chi connectivity index (χ4v) is 2.21. The number of carbonyl (C=O) groups excluding carboxylic acids is 1. The Morgan fingerprint density at radius 1 is 1.38 bits per heavy atom. The third kappa shape index (κ3) is 3.39. The fraction of sp³-hybridized carbons (Fsp3) is 0.400. The van der Waals surface area contributed by atoms with Crippen LogP contribution in [0.5, 0.6) is 0 Å². The molecule has 0 aliphatic rings. The van der Waals surface area contributed by atoms with Crippen molar-refractivity contribution in [3.05, 3.63) is 35.3 Å². The highest BCUT2D eigenvalue weighted by molar-refractivity contribution is 5.94. The monoisotopic (exact) mass is 289 g/mol. The van der Waals surface area contributed by atoms with Crippen molar-refractivity contribution >= 4 is 17.5 Å². The van der Waals surface area contributed by atoms with Crippen LogP contribution in [0.3, 0.4) is 0 Å². The highest BCUT2D eigenvalue weighted by atomic mass is 16.4. The largest absolute Gasteiger partial charge is 0.481 e. The van der Waals surface area contributed by atoms with Crippen molar-refractivity contribution in [3.8, 4) is 0 Å². The van der Waals surface area contributed by atoms with Crippen molar-refractivity contribution in [2.24, 2.45) is 0 Å². The molecule has 0 bridgehead atoms. The molecule has 0 aliphatic carbocycles. The summed E-state index contributed by atoms with van der Waals surface area (Å²) in [7, 11) is 0. The van der Waals surface area contributed by atoms with Crippen LogP contribution in [0, 0.1) is 6.92 Å². The first-order valence-corrected chi connectivity index (χ1v) is 7.00. The Morgan fingerprint density at radius 2 is 2.14 bits per heavy atom. The summed E-state index contributed by atoms with van der Waals surface area (Å²) in [6.45, 7) is 4.25. The lowest BCUT2D eigenvalue weighted by Crippen LogP contribution is -2.27. The smallest absolute Gasteiger partial charge is 0.303 e. The summed E-state index contributed by atoms with van der Waals surface area (Å²) in [4.78, 5) is 27.3. The van der Waals surface area contributed by atoms with Gasteiger partial charge < -0.3 is 10.4 Å². The van der Waals surface area contributed by atoms with Crippen molar-refractivity contribution < 1.29 is 14.7 Å². The zero-order valence-corrected chi connectivity index (χ0v) is 12.2. The molecule has 21 heavy (non-hydrogen) atoms. The van der Waals surface area contributed by atoms with Crippen molar-refractivity contribution in [1.29, 1.82) is 0 Å². The first-order chi connectivity index (χ1) is 10.0. The molecule has 0 aliphatic heterocycles. The molecule has 2 rings (SSSR count). The summed E-state index contributed by atoms with van der Waals surface area (Å²) in [6.07, 6.45) is 3.01. The molecule has 2 aromatic heterocycles. The quantitative estimate of drug-likeness (QED) is 0.794. The van der Waals surface area contributed by atoms with Gasteiger partial charge in [-0.1, -0.05) is 13.0 Å². The number of imidazole rings is 1. The maximum absolute atomic E-state index is 12.3. The standard InChI is InChI=1S/C15H19N3O3/c1-3-11-14(15(21)16-8-4-5-13(19)20)18-9-10(2)6-7-12(18)17-11/h6-7,9H,3-5,8H2,1-2H3,(H,16,21)(H,19,20). The van der Waals surface area contributed by atoms with Gasteiger partial charge in [-0.25, -0.2) is 4.98 Å². The number of carbonyl (C=O) groups is 2. The normalized spacial score (nSPS) is 10.8. The van der Waals surface area contributed by atoms with Crippen LogP contribution in [0.1, 0.15) is 41.5 Å². The topological polar surface area (TPSA) is 83.7 Å². The van der Waals surface area contributed by atoms with E-state index in [1.165, 1.54) is 0 Å². The lowest BCUT2D eigenvalue weighted by atomic mass is 10.2. The predicted octanol–water partition coefficient (Wildman–Crippen LogP) is 1.80. The highest BCUT2D eigenvalue weighted by Gasteiger charge is 2.17. The molecule has 6 nitrogen and oxygen atoms in total. The van der Waals surface area contributed by atoms with Crippen molar-refractivity contribution in [2.45, 2.75) is 33.1 Å². The molecule has 112 valence electrons. The lowest BCUT2D eigenvalue weighted by Gasteiger charge is -2.06. The van der Waals surface area contributed by atoms with Crippen molar-refractivity contribution in [2.75, 3.05) is 6.54 Å². The second-order valence-corrected chi connectivity index (χ2v) is 4.95. The van der Waals surface area contributed by atoms with Gasteiger partial charge in [-0.3, -0.25) is 14.0 Å². The van der Waals surface area contributed by atoms with E-state index in [1.807, 2.05) is 32.2 Å². The number of hydrogen-bond acceptors (Lipinski definition) is 3. The van der Waals surface area contributed by atoms with E-state index in [9.17, 15) is 9.59 Å². The van der Waals surface area contributed by atoms with Gasteiger partial charge in [0.2, 0.25) is 0 Å². The van der Waals surface area contributed by atoms with E-state index in [2.05, 4.69) is 10.3 Å². The average molecular weight is 289 g/mol. The Labute approximate surface area is 122 Å². The Hall–Kier alpha value is -2.37. The van der Waals surface area contributed by atoms with Gasteiger partial charge >= 0.3 is 5.97 Å². The van der Waals surface area contributed by atoms with E-state index in [0.29, 0.717) is 25.1 Å². The van der Waals surface area contributed by atoms with Gasteiger partial charge in [0.1, 0.15) is 11.3 Å². The van der Waals surface area contributed by atoms with Crippen molar-refractivity contribution in [3.63, 3.8) is 0 Å². The highest BCUT2D eigenvalue weighted by Crippen LogP contribution is 2.14. The maximum atomic E-state index is 12.3. The second kappa shape index (κ2) is 6.39. The van der Waals surface area contributed by atoms with E-state index in [0.717, 1.165) is 16.9 Å². The Bertz CT molecular complexity index is 676. The number of nitrogens with one attached hydrogen (secondary N) is 1. The Kier molecular flexibility index (Phi) is 4.57. The number of nitrogens with zero attached hydrogens (tertiary/aromatic N) is 2. The van der Waals surface area contributed by atoms with E-state index in [1.54, 1.807) is 4.40 Å².